The molecule has 0 amide bonds. The van der Waals surface area contributed by atoms with E-state index in [0.717, 1.165) is 12.1 Å². The van der Waals surface area contributed by atoms with Crippen molar-refractivity contribution in [2.45, 2.75) is 11.1 Å². The molecule has 6 nitrogen and oxygen atoms in total. The highest BCUT2D eigenvalue weighted by Crippen LogP contribution is 2.36. The van der Waals surface area contributed by atoms with Gasteiger partial charge in [0.1, 0.15) is 5.75 Å². The van der Waals surface area contributed by atoms with E-state index in [1.54, 1.807) is 0 Å². The maximum atomic E-state index is 12.9. The van der Waals surface area contributed by atoms with E-state index >= 15 is 0 Å². The van der Waals surface area contributed by atoms with Crippen LogP contribution in [0.25, 0.3) is 0 Å². The Labute approximate surface area is 157 Å². The van der Waals surface area contributed by atoms with Crippen molar-refractivity contribution in [3.63, 3.8) is 0 Å². The van der Waals surface area contributed by atoms with Crippen LogP contribution in [0.1, 0.15) is 5.56 Å². The van der Waals surface area contributed by atoms with Gasteiger partial charge in [0.25, 0.3) is 10.0 Å². The molecule has 0 spiro atoms. The van der Waals surface area contributed by atoms with Gasteiger partial charge in [0.05, 0.1) is 22.6 Å². The van der Waals surface area contributed by atoms with Crippen molar-refractivity contribution in [1.29, 1.82) is 0 Å². The number of anilines is 1. The van der Waals surface area contributed by atoms with Gasteiger partial charge in [-0.25, -0.2) is 13.2 Å². The van der Waals surface area contributed by atoms with Crippen molar-refractivity contribution in [3.8, 4) is 5.75 Å². The maximum Gasteiger partial charge on any atom is 0.417 e. The topological polar surface area (TPSA) is 81.7 Å². The van der Waals surface area contributed by atoms with Gasteiger partial charge in [-0.15, -0.1) is 0 Å². The van der Waals surface area contributed by atoms with Crippen LogP contribution in [0.5, 0.6) is 5.75 Å². The standard InChI is InChI=1S/C16H13ClF3NO5S/c1-25-15(22)9-26-11-3-5-12(6-4-11)27(23,24)21-10-2-7-14(17)13(8-10)16(18,19)20/h2-8,21H,9H2,1H3. The summed E-state index contributed by atoms with van der Waals surface area (Å²) in [6, 6.07) is 7.61. The molecule has 0 aliphatic rings. The second kappa shape index (κ2) is 8.05. The Hall–Kier alpha value is -2.46. The third-order valence-corrected chi connectivity index (χ3v) is 4.97. The number of hydrogen-bond donors (Lipinski definition) is 1. The Morgan fingerprint density at radius 2 is 1.78 bits per heavy atom. The van der Waals surface area contributed by atoms with Gasteiger partial charge >= 0.3 is 12.1 Å². The summed E-state index contributed by atoms with van der Waals surface area (Å²) in [7, 11) is -2.96. The smallest absolute Gasteiger partial charge is 0.417 e. The molecule has 1 N–H and O–H groups in total. The predicted molar refractivity (Wildman–Crippen MR) is 91.2 cm³/mol. The number of benzene rings is 2. The fourth-order valence-corrected chi connectivity index (χ4v) is 3.21. The zero-order chi connectivity index (χ0) is 20.2. The summed E-state index contributed by atoms with van der Waals surface area (Å²) in [6.07, 6.45) is -4.73. The Kier molecular flexibility index (Phi) is 6.22. The van der Waals surface area contributed by atoms with Crippen LogP contribution in [0.3, 0.4) is 0 Å². The number of hydrogen-bond acceptors (Lipinski definition) is 5. The van der Waals surface area contributed by atoms with E-state index in [1.165, 1.54) is 31.4 Å². The fourth-order valence-electron chi connectivity index (χ4n) is 1.94. The van der Waals surface area contributed by atoms with Gasteiger partial charge in [0.2, 0.25) is 0 Å². The largest absolute Gasteiger partial charge is 0.482 e. The van der Waals surface area contributed by atoms with E-state index in [0.29, 0.717) is 6.07 Å². The quantitative estimate of drug-likeness (QED) is 0.716. The van der Waals surface area contributed by atoms with Crippen LogP contribution in [0.2, 0.25) is 5.02 Å². The number of alkyl halides is 3. The van der Waals surface area contributed by atoms with Crippen LogP contribution in [0.4, 0.5) is 18.9 Å². The van der Waals surface area contributed by atoms with E-state index in [4.69, 9.17) is 16.3 Å². The van der Waals surface area contributed by atoms with Crippen LogP contribution in [-0.2, 0) is 25.7 Å². The Balaban J connectivity index is 2.18. The SMILES string of the molecule is COC(=O)COc1ccc(S(=O)(=O)Nc2ccc(Cl)c(C(F)(F)F)c2)cc1. The number of carbonyl (C=O) groups is 1. The summed E-state index contributed by atoms with van der Waals surface area (Å²) in [4.78, 5) is 10.8. The molecule has 0 unspecified atom stereocenters. The summed E-state index contributed by atoms with van der Waals surface area (Å²) in [5, 5.41) is -0.544. The number of methoxy groups -OCH3 is 1. The summed E-state index contributed by atoms with van der Waals surface area (Å²) in [6.45, 7) is -0.355. The van der Waals surface area contributed by atoms with Crippen molar-refractivity contribution < 1.29 is 35.9 Å². The molecule has 0 bridgehead atoms. The van der Waals surface area contributed by atoms with E-state index in [1.807, 2.05) is 0 Å². The molecule has 0 atom stereocenters. The third kappa shape index (κ3) is 5.51. The first kappa shape index (κ1) is 20.8. The van der Waals surface area contributed by atoms with Gasteiger partial charge in [-0.2, -0.15) is 13.2 Å². The van der Waals surface area contributed by atoms with Gasteiger partial charge in [0.15, 0.2) is 6.61 Å². The van der Waals surface area contributed by atoms with Crippen molar-refractivity contribution in [2.75, 3.05) is 18.4 Å². The van der Waals surface area contributed by atoms with Gasteiger partial charge in [-0.3, -0.25) is 4.72 Å². The molecule has 0 radical (unpaired) electrons. The normalized spacial score (nSPS) is 11.7. The molecule has 0 aromatic heterocycles. The van der Waals surface area contributed by atoms with Gasteiger partial charge < -0.3 is 9.47 Å². The highest BCUT2D eigenvalue weighted by Gasteiger charge is 2.33. The number of sulfonamides is 1. The Bertz CT molecular complexity index is 930. The maximum absolute atomic E-state index is 12.9. The minimum absolute atomic E-state index is 0.212. The molecule has 0 saturated carbocycles. The van der Waals surface area contributed by atoms with Gasteiger partial charge in [0, 0.05) is 5.69 Å². The number of halogens is 4. The predicted octanol–water partition coefficient (Wildman–Crippen LogP) is 3.71. The number of esters is 1. The molecule has 146 valence electrons. The average Bonchev–Trinajstić information content (AvgIpc) is 2.60. The first-order valence-corrected chi connectivity index (χ1v) is 9.08. The van der Waals surface area contributed by atoms with Crippen LogP contribution in [0, 0.1) is 0 Å². The van der Waals surface area contributed by atoms with Gasteiger partial charge in [-0.05, 0) is 42.5 Å². The molecule has 11 heteroatoms. The van der Waals surface area contributed by atoms with Crippen molar-refractivity contribution in [1.82, 2.24) is 0 Å². The summed E-state index contributed by atoms with van der Waals surface area (Å²) < 4.78 is 74.8. The summed E-state index contributed by atoms with van der Waals surface area (Å²) in [5.74, 6) is -0.401. The molecule has 27 heavy (non-hydrogen) atoms. The van der Waals surface area contributed by atoms with Crippen molar-refractivity contribution in [3.05, 3.63) is 53.1 Å². The number of nitrogens with one attached hydrogen (secondary N) is 1. The molecule has 0 heterocycles. The molecule has 2 aromatic rings. The van der Waals surface area contributed by atoms with Crippen LogP contribution in [0.15, 0.2) is 47.4 Å². The van der Waals surface area contributed by atoms with Crippen LogP contribution in [-0.4, -0.2) is 28.1 Å². The lowest BCUT2D eigenvalue weighted by molar-refractivity contribution is -0.143. The summed E-state index contributed by atoms with van der Waals surface area (Å²) in [5.41, 5.74) is -1.45. The van der Waals surface area contributed by atoms with Crippen LogP contribution >= 0.6 is 11.6 Å². The highest BCUT2D eigenvalue weighted by molar-refractivity contribution is 7.92. The molecule has 2 aromatic carbocycles. The van der Waals surface area contributed by atoms with E-state index in [-0.39, 0.29) is 22.9 Å². The second-order valence-electron chi connectivity index (χ2n) is 5.13. The lowest BCUT2D eigenvalue weighted by Crippen LogP contribution is -2.15. The first-order chi connectivity index (χ1) is 12.5. The lowest BCUT2D eigenvalue weighted by atomic mass is 10.2. The molecular weight excluding hydrogens is 411 g/mol. The number of ether oxygens (including phenoxy) is 2. The second-order valence-corrected chi connectivity index (χ2v) is 7.22. The zero-order valence-electron chi connectivity index (χ0n) is 13.7. The van der Waals surface area contributed by atoms with Gasteiger partial charge in [-0.1, -0.05) is 11.6 Å². The monoisotopic (exact) mass is 423 g/mol. The average molecular weight is 424 g/mol. The number of carbonyl (C=O) groups excluding carboxylic acids is 1. The molecule has 0 aliphatic heterocycles. The number of rotatable bonds is 6. The van der Waals surface area contributed by atoms with Crippen LogP contribution < -0.4 is 9.46 Å². The van der Waals surface area contributed by atoms with E-state index in [2.05, 4.69) is 9.46 Å². The third-order valence-electron chi connectivity index (χ3n) is 3.24. The highest BCUT2D eigenvalue weighted by atomic mass is 35.5. The summed E-state index contributed by atoms with van der Waals surface area (Å²) >= 11 is 5.50. The molecule has 0 aliphatic carbocycles. The van der Waals surface area contributed by atoms with Crippen molar-refractivity contribution >= 4 is 33.3 Å². The molecule has 0 fully saturated rings. The Morgan fingerprint density at radius 3 is 2.33 bits per heavy atom. The fraction of sp³-hybridized carbons (Fsp3) is 0.188. The Morgan fingerprint density at radius 1 is 1.15 bits per heavy atom. The van der Waals surface area contributed by atoms with Crippen molar-refractivity contribution in [2.24, 2.45) is 0 Å². The van der Waals surface area contributed by atoms with E-state index in [9.17, 15) is 26.4 Å². The minimum atomic E-state index is -4.73. The molecular formula is C16H13ClF3NO5S. The molecule has 2 rings (SSSR count). The zero-order valence-corrected chi connectivity index (χ0v) is 15.3. The van der Waals surface area contributed by atoms with E-state index < -0.39 is 32.8 Å². The first-order valence-electron chi connectivity index (χ1n) is 7.22. The lowest BCUT2D eigenvalue weighted by Gasteiger charge is -2.13. The molecule has 0 saturated heterocycles. The minimum Gasteiger partial charge on any atom is -0.482 e.